The largest absolute Gasteiger partial charge is 0.478 e. The molecular formula is C8H10N2O3. The van der Waals surface area contributed by atoms with Crippen molar-refractivity contribution in [2.75, 3.05) is 5.32 Å². The van der Waals surface area contributed by atoms with Gasteiger partial charge in [0.1, 0.15) is 11.4 Å². The van der Waals surface area contributed by atoms with Crippen LogP contribution < -0.4 is 5.32 Å². The maximum atomic E-state index is 10.7. The fourth-order valence-corrected chi connectivity index (χ4v) is 1.03. The highest BCUT2D eigenvalue weighted by Crippen LogP contribution is 2.15. The molecule has 1 aromatic rings. The molecule has 5 heteroatoms. The minimum absolute atomic E-state index is 0.0766. The molecule has 0 spiro atoms. The van der Waals surface area contributed by atoms with Crippen LogP contribution in [0, 0.1) is 6.92 Å². The Balaban J connectivity index is 3.04. The van der Waals surface area contributed by atoms with Crippen molar-refractivity contribution in [1.29, 1.82) is 0 Å². The van der Waals surface area contributed by atoms with Crippen LogP contribution in [0.3, 0.4) is 0 Å². The van der Waals surface area contributed by atoms with E-state index < -0.39 is 5.97 Å². The molecule has 5 nitrogen and oxygen atoms in total. The molecule has 70 valence electrons. The Morgan fingerprint density at radius 1 is 1.54 bits per heavy atom. The third kappa shape index (κ3) is 2.08. The first-order valence-electron chi connectivity index (χ1n) is 3.71. The molecule has 1 amide bonds. The standard InChI is InChI=1S/C8H10N2O3/c1-4-3-6(8(12)13)7(9-4)10-5(2)11/h3,9H,1-2H3,(H,10,11)(H,12,13). The predicted octanol–water partition coefficient (Wildman–Crippen LogP) is 0.980. The second-order valence-electron chi connectivity index (χ2n) is 2.73. The van der Waals surface area contributed by atoms with Crippen molar-refractivity contribution in [3.05, 3.63) is 17.3 Å². The fraction of sp³-hybridized carbons (Fsp3) is 0.250. The van der Waals surface area contributed by atoms with E-state index in [1.54, 1.807) is 6.92 Å². The zero-order valence-electron chi connectivity index (χ0n) is 7.34. The van der Waals surface area contributed by atoms with Gasteiger partial charge in [-0.2, -0.15) is 0 Å². The van der Waals surface area contributed by atoms with Gasteiger partial charge in [-0.15, -0.1) is 0 Å². The van der Waals surface area contributed by atoms with Gasteiger partial charge in [0, 0.05) is 12.6 Å². The quantitative estimate of drug-likeness (QED) is 0.637. The number of aromatic nitrogens is 1. The summed E-state index contributed by atoms with van der Waals surface area (Å²) in [5.74, 6) is -1.13. The number of anilines is 1. The van der Waals surface area contributed by atoms with Crippen LogP contribution in [0.5, 0.6) is 0 Å². The van der Waals surface area contributed by atoms with Crippen molar-refractivity contribution < 1.29 is 14.7 Å². The summed E-state index contributed by atoms with van der Waals surface area (Å²) < 4.78 is 0. The highest BCUT2D eigenvalue weighted by molar-refractivity contribution is 5.99. The molecule has 0 aromatic carbocycles. The summed E-state index contributed by atoms with van der Waals surface area (Å²) in [6, 6.07) is 1.47. The SMILES string of the molecule is CC(=O)Nc1[nH]c(C)cc1C(=O)O. The molecule has 0 atom stereocenters. The smallest absolute Gasteiger partial charge is 0.339 e. The first kappa shape index (κ1) is 9.31. The van der Waals surface area contributed by atoms with Gasteiger partial charge in [-0.1, -0.05) is 0 Å². The molecule has 0 aliphatic heterocycles. The molecular weight excluding hydrogens is 172 g/mol. The van der Waals surface area contributed by atoms with E-state index in [0.717, 1.165) is 0 Å². The van der Waals surface area contributed by atoms with Crippen molar-refractivity contribution >= 4 is 17.7 Å². The van der Waals surface area contributed by atoms with Crippen molar-refractivity contribution in [2.24, 2.45) is 0 Å². The van der Waals surface area contributed by atoms with Crippen LogP contribution in [-0.4, -0.2) is 22.0 Å². The molecule has 0 radical (unpaired) electrons. The molecule has 0 saturated carbocycles. The summed E-state index contributed by atoms with van der Waals surface area (Å²) in [7, 11) is 0. The summed E-state index contributed by atoms with van der Waals surface area (Å²) >= 11 is 0. The fourth-order valence-electron chi connectivity index (χ4n) is 1.03. The second kappa shape index (κ2) is 3.30. The maximum absolute atomic E-state index is 10.7. The van der Waals surface area contributed by atoms with E-state index in [0.29, 0.717) is 5.69 Å². The number of carboxylic acids is 1. The van der Waals surface area contributed by atoms with Gasteiger partial charge in [-0.25, -0.2) is 4.79 Å². The molecule has 3 N–H and O–H groups in total. The number of carbonyl (C=O) groups excluding carboxylic acids is 1. The van der Waals surface area contributed by atoms with Gasteiger partial charge >= 0.3 is 5.97 Å². The molecule has 0 aliphatic rings. The van der Waals surface area contributed by atoms with E-state index in [-0.39, 0.29) is 17.3 Å². The van der Waals surface area contributed by atoms with Gasteiger partial charge in [0.15, 0.2) is 0 Å². The number of carboxylic acid groups (broad SMARTS) is 1. The third-order valence-electron chi connectivity index (χ3n) is 1.48. The Morgan fingerprint density at radius 2 is 2.15 bits per heavy atom. The van der Waals surface area contributed by atoms with Crippen LogP contribution in [0.2, 0.25) is 0 Å². The lowest BCUT2D eigenvalue weighted by atomic mass is 10.3. The van der Waals surface area contributed by atoms with Crippen LogP contribution in [0.15, 0.2) is 6.07 Å². The van der Waals surface area contributed by atoms with Crippen molar-refractivity contribution in [3.8, 4) is 0 Å². The molecule has 1 heterocycles. The van der Waals surface area contributed by atoms with E-state index in [2.05, 4.69) is 10.3 Å². The lowest BCUT2D eigenvalue weighted by molar-refractivity contribution is -0.114. The lowest BCUT2D eigenvalue weighted by Gasteiger charge is -1.99. The number of aryl methyl sites for hydroxylation is 1. The number of nitrogens with one attached hydrogen (secondary N) is 2. The molecule has 0 fully saturated rings. The molecule has 1 aromatic heterocycles. The van der Waals surface area contributed by atoms with Gasteiger partial charge in [-0.3, -0.25) is 4.79 Å². The number of carbonyl (C=O) groups is 2. The zero-order valence-corrected chi connectivity index (χ0v) is 7.34. The Labute approximate surface area is 74.8 Å². The van der Waals surface area contributed by atoms with Crippen LogP contribution in [0.25, 0.3) is 0 Å². The highest BCUT2D eigenvalue weighted by Gasteiger charge is 2.13. The average Bonchev–Trinajstić information content (AvgIpc) is 2.29. The Hall–Kier alpha value is -1.78. The highest BCUT2D eigenvalue weighted by atomic mass is 16.4. The average molecular weight is 182 g/mol. The van der Waals surface area contributed by atoms with Gasteiger partial charge in [-0.05, 0) is 13.0 Å². The van der Waals surface area contributed by atoms with E-state index >= 15 is 0 Å². The van der Waals surface area contributed by atoms with Crippen LogP contribution in [0.1, 0.15) is 23.0 Å². The summed E-state index contributed by atoms with van der Waals surface area (Å²) in [5, 5.41) is 11.1. The number of H-pyrrole nitrogens is 1. The Kier molecular flexibility index (Phi) is 2.36. The molecule has 13 heavy (non-hydrogen) atoms. The van der Waals surface area contributed by atoms with Crippen molar-refractivity contribution in [1.82, 2.24) is 4.98 Å². The van der Waals surface area contributed by atoms with E-state index in [1.807, 2.05) is 0 Å². The van der Waals surface area contributed by atoms with Crippen molar-refractivity contribution in [3.63, 3.8) is 0 Å². The van der Waals surface area contributed by atoms with Gasteiger partial charge < -0.3 is 15.4 Å². The number of rotatable bonds is 2. The summed E-state index contributed by atoms with van der Waals surface area (Å²) in [6.07, 6.45) is 0. The molecule has 0 unspecified atom stereocenters. The summed E-state index contributed by atoms with van der Waals surface area (Å²) in [6.45, 7) is 3.04. The number of aromatic carboxylic acids is 1. The normalized spacial score (nSPS) is 9.69. The van der Waals surface area contributed by atoms with E-state index in [4.69, 9.17) is 5.11 Å². The Bertz CT molecular complexity index is 354. The monoisotopic (exact) mass is 182 g/mol. The maximum Gasteiger partial charge on any atom is 0.339 e. The first-order chi connectivity index (χ1) is 6.00. The predicted molar refractivity (Wildman–Crippen MR) is 46.8 cm³/mol. The molecule has 0 bridgehead atoms. The number of hydrogen-bond donors (Lipinski definition) is 3. The lowest BCUT2D eigenvalue weighted by Crippen LogP contribution is -2.09. The van der Waals surface area contributed by atoms with Crippen molar-refractivity contribution in [2.45, 2.75) is 13.8 Å². The zero-order chi connectivity index (χ0) is 10.0. The number of amides is 1. The minimum Gasteiger partial charge on any atom is -0.478 e. The van der Waals surface area contributed by atoms with Gasteiger partial charge in [0.2, 0.25) is 5.91 Å². The summed E-state index contributed by atoms with van der Waals surface area (Å²) in [5.41, 5.74) is 0.772. The number of hydrogen-bond acceptors (Lipinski definition) is 2. The molecule has 0 saturated heterocycles. The minimum atomic E-state index is -1.06. The van der Waals surface area contributed by atoms with Gasteiger partial charge in [0.25, 0.3) is 0 Å². The van der Waals surface area contributed by atoms with Crippen LogP contribution >= 0.6 is 0 Å². The second-order valence-corrected chi connectivity index (χ2v) is 2.73. The molecule has 0 aliphatic carbocycles. The van der Waals surface area contributed by atoms with Crippen LogP contribution in [0.4, 0.5) is 5.82 Å². The number of aromatic amines is 1. The topological polar surface area (TPSA) is 82.2 Å². The van der Waals surface area contributed by atoms with E-state index in [9.17, 15) is 9.59 Å². The third-order valence-corrected chi connectivity index (χ3v) is 1.48. The first-order valence-corrected chi connectivity index (χ1v) is 3.71. The summed E-state index contributed by atoms with van der Waals surface area (Å²) in [4.78, 5) is 24.1. The molecule has 1 rings (SSSR count). The van der Waals surface area contributed by atoms with E-state index in [1.165, 1.54) is 13.0 Å². The Morgan fingerprint density at radius 3 is 2.62 bits per heavy atom. The van der Waals surface area contributed by atoms with Crippen LogP contribution in [-0.2, 0) is 4.79 Å². The van der Waals surface area contributed by atoms with Gasteiger partial charge in [0.05, 0.1) is 0 Å².